The standard InChI is InChI=1S/C12H15N3O2/c1-14-11(12(13)17)4-7-6-15-10-3-2-8(16)5-9(7)10/h2-3,5-6,11,14-16H,4H2,1H3,(H2,13,17)/t11-/m0/s1. The van der Waals surface area contributed by atoms with Crippen molar-refractivity contribution in [3.8, 4) is 5.75 Å². The molecule has 0 aliphatic carbocycles. The predicted molar refractivity (Wildman–Crippen MR) is 65.7 cm³/mol. The van der Waals surface area contributed by atoms with Crippen LogP contribution in [0.25, 0.3) is 10.9 Å². The number of H-pyrrole nitrogens is 1. The molecule has 0 saturated carbocycles. The number of aromatic hydroxyl groups is 1. The molecule has 17 heavy (non-hydrogen) atoms. The topological polar surface area (TPSA) is 91.1 Å². The number of hydrogen-bond acceptors (Lipinski definition) is 3. The van der Waals surface area contributed by atoms with E-state index in [2.05, 4.69) is 10.3 Å². The lowest BCUT2D eigenvalue weighted by atomic mass is 10.0. The maximum Gasteiger partial charge on any atom is 0.234 e. The second-order valence-corrected chi connectivity index (χ2v) is 3.99. The van der Waals surface area contributed by atoms with Crippen molar-refractivity contribution in [2.45, 2.75) is 12.5 Å². The number of aromatic nitrogens is 1. The van der Waals surface area contributed by atoms with Gasteiger partial charge in [0.05, 0.1) is 6.04 Å². The summed E-state index contributed by atoms with van der Waals surface area (Å²) < 4.78 is 0. The van der Waals surface area contributed by atoms with Gasteiger partial charge >= 0.3 is 0 Å². The predicted octanol–water partition coefficient (Wildman–Crippen LogP) is 0.489. The Morgan fingerprint density at radius 2 is 2.35 bits per heavy atom. The highest BCUT2D eigenvalue weighted by Crippen LogP contribution is 2.23. The van der Waals surface area contributed by atoms with Crippen LogP contribution < -0.4 is 11.1 Å². The summed E-state index contributed by atoms with van der Waals surface area (Å²) >= 11 is 0. The van der Waals surface area contributed by atoms with Crippen LogP contribution in [-0.4, -0.2) is 29.1 Å². The van der Waals surface area contributed by atoms with Crippen LogP contribution in [0.3, 0.4) is 0 Å². The number of phenolic OH excluding ortho intramolecular Hbond substituents is 1. The summed E-state index contributed by atoms with van der Waals surface area (Å²) in [6.45, 7) is 0. The van der Waals surface area contributed by atoms with E-state index < -0.39 is 6.04 Å². The number of nitrogens with two attached hydrogens (primary N) is 1. The van der Waals surface area contributed by atoms with E-state index in [1.807, 2.05) is 6.20 Å². The SMILES string of the molecule is CN[C@@H](Cc1c[nH]c2ccc(O)cc12)C(N)=O. The van der Waals surface area contributed by atoms with E-state index in [0.717, 1.165) is 16.5 Å². The van der Waals surface area contributed by atoms with E-state index in [1.165, 1.54) is 0 Å². The summed E-state index contributed by atoms with van der Waals surface area (Å²) in [5.74, 6) is -0.180. The summed E-state index contributed by atoms with van der Waals surface area (Å²) in [6.07, 6.45) is 2.33. The highest BCUT2D eigenvalue weighted by atomic mass is 16.3. The van der Waals surface area contributed by atoms with Gasteiger partial charge in [0.25, 0.3) is 0 Å². The first kappa shape index (κ1) is 11.5. The molecule has 1 aromatic carbocycles. The Kier molecular flexibility index (Phi) is 3.01. The Morgan fingerprint density at radius 1 is 1.59 bits per heavy atom. The Balaban J connectivity index is 2.35. The molecule has 0 aliphatic heterocycles. The van der Waals surface area contributed by atoms with Crippen LogP contribution in [0, 0.1) is 0 Å². The Bertz CT molecular complexity index is 548. The molecular formula is C12H15N3O2. The van der Waals surface area contributed by atoms with Crippen molar-refractivity contribution >= 4 is 16.8 Å². The third kappa shape index (κ3) is 2.24. The van der Waals surface area contributed by atoms with E-state index in [9.17, 15) is 9.90 Å². The number of hydrogen-bond donors (Lipinski definition) is 4. The minimum absolute atomic E-state index is 0.207. The van der Waals surface area contributed by atoms with Crippen LogP contribution in [0.15, 0.2) is 24.4 Å². The molecule has 2 rings (SSSR count). The van der Waals surface area contributed by atoms with Crippen LogP contribution in [0.2, 0.25) is 0 Å². The molecule has 1 atom stereocenters. The van der Waals surface area contributed by atoms with E-state index in [1.54, 1.807) is 25.2 Å². The van der Waals surface area contributed by atoms with Crippen molar-refractivity contribution in [1.29, 1.82) is 0 Å². The maximum atomic E-state index is 11.2. The van der Waals surface area contributed by atoms with Crippen molar-refractivity contribution in [3.05, 3.63) is 30.0 Å². The number of phenols is 1. The number of carbonyl (C=O) groups excluding carboxylic acids is 1. The van der Waals surface area contributed by atoms with E-state index in [4.69, 9.17) is 5.73 Å². The average Bonchev–Trinajstić information content (AvgIpc) is 2.68. The van der Waals surface area contributed by atoms with Crippen molar-refractivity contribution < 1.29 is 9.90 Å². The van der Waals surface area contributed by atoms with Gasteiger partial charge in [-0.2, -0.15) is 0 Å². The van der Waals surface area contributed by atoms with Crippen molar-refractivity contribution in [1.82, 2.24) is 10.3 Å². The summed E-state index contributed by atoms with van der Waals surface area (Å²) in [6, 6.07) is 4.69. The first-order chi connectivity index (χ1) is 8.11. The molecule has 0 radical (unpaired) electrons. The molecule has 5 N–H and O–H groups in total. The number of carbonyl (C=O) groups is 1. The summed E-state index contributed by atoms with van der Waals surface area (Å²) in [5.41, 5.74) is 7.16. The quantitative estimate of drug-likeness (QED) is 0.619. The van der Waals surface area contributed by atoms with Gasteiger partial charge in [0, 0.05) is 17.1 Å². The molecule has 0 aliphatic rings. The fraction of sp³-hybridized carbons (Fsp3) is 0.250. The lowest BCUT2D eigenvalue weighted by Crippen LogP contribution is -2.40. The minimum atomic E-state index is -0.406. The molecule has 90 valence electrons. The van der Waals surface area contributed by atoms with Gasteiger partial charge in [0.1, 0.15) is 5.75 Å². The number of nitrogens with one attached hydrogen (secondary N) is 2. The van der Waals surface area contributed by atoms with Gasteiger partial charge in [0.2, 0.25) is 5.91 Å². The number of likely N-dealkylation sites (N-methyl/N-ethyl adjacent to an activating group) is 1. The zero-order chi connectivity index (χ0) is 12.4. The monoisotopic (exact) mass is 233 g/mol. The number of amides is 1. The zero-order valence-electron chi connectivity index (χ0n) is 9.53. The third-order valence-electron chi connectivity index (χ3n) is 2.87. The first-order valence-corrected chi connectivity index (χ1v) is 5.37. The largest absolute Gasteiger partial charge is 0.508 e. The van der Waals surface area contributed by atoms with Crippen LogP contribution in [0.4, 0.5) is 0 Å². The van der Waals surface area contributed by atoms with Crippen molar-refractivity contribution in [2.24, 2.45) is 5.73 Å². The molecule has 0 spiro atoms. The van der Waals surface area contributed by atoms with Gasteiger partial charge in [-0.05, 0) is 37.2 Å². The Labute approximate surface area is 98.6 Å². The Hall–Kier alpha value is -2.01. The second kappa shape index (κ2) is 4.47. The van der Waals surface area contributed by atoms with E-state index >= 15 is 0 Å². The number of rotatable bonds is 4. The maximum absolute atomic E-state index is 11.2. The Morgan fingerprint density at radius 3 is 3.00 bits per heavy atom. The molecule has 0 unspecified atom stereocenters. The minimum Gasteiger partial charge on any atom is -0.508 e. The normalized spacial score (nSPS) is 12.8. The van der Waals surface area contributed by atoms with Gasteiger partial charge in [-0.1, -0.05) is 0 Å². The van der Waals surface area contributed by atoms with E-state index in [0.29, 0.717) is 6.42 Å². The number of fused-ring (bicyclic) bond motifs is 1. The molecule has 1 aromatic heterocycles. The lowest BCUT2D eigenvalue weighted by Gasteiger charge is -2.11. The molecule has 0 fully saturated rings. The fourth-order valence-electron chi connectivity index (χ4n) is 1.90. The molecule has 1 amide bonds. The van der Waals surface area contributed by atoms with Gasteiger partial charge in [0.15, 0.2) is 0 Å². The summed E-state index contributed by atoms with van der Waals surface area (Å²) in [7, 11) is 1.70. The molecule has 5 nitrogen and oxygen atoms in total. The molecule has 1 heterocycles. The molecule has 0 bridgehead atoms. The first-order valence-electron chi connectivity index (χ1n) is 5.37. The second-order valence-electron chi connectivity index (χ2n) is 3.99. The van der Waals surface area contributed by atoms with Crippen LogP contribution >= 0.6 is 0 Å². The van der Waals surface area contributed by atoms with Crippen molar-refractivity contribution in [3.63, 3.8) is 0 Å². The van der Waals surface area contributed by atoms with Crippen LogP contribution in [0.1, 0.15) is 5.56 Å². The third-order valence-corrected chi connectivity index (χ3v) is 2.87. The number of primary amides is 1. The molecule has 2 aromatic rings. The lowest BCUT2D eigenvalue weighted by molar-refractivity contribution is -0.119. The molecule has 5 heteroatoms. The number of benzene rings is 1. The fourth-order valence-corrected chi connectivity index (χ4v) is 1.90. The van der Waals surface area contributed by atoms with Gasteiger partial charge in [-0.15, -0.1) is 0 Å². The average molecular weight is 233 g/mol. The smallest absolute Gasteiger partial charge is 0.234 e. The zero-order valence-corrected chi connectivity index (χ0v) is 9.53. The molecule has 0 saturated heterocycles. The molecular weight excluding hydrogens is 218 g/mol. The summed E-state index contributed by atoms with van der Waals surface area (Å²) in [4.78, 5) is 14.3. The summed E-state index contributed by atoms with van der Waals surface area (Å²) in [5, 5.41) is 13.2. The van der Waals surface area contributed by atoms with Gasteiger partial charge < -0.3 is 21.1 Å². The van der Waals surface area contributed by atoms with Crippen LogP contribution in [0.5, 0.6) is 5.75 Å². The number of aromatic amines is 1. The highest BCUT2D eigenvalue weighted by molar-refractivity contribution is 5.86. The van der Waals surface area contributed by atoms with Crippen LogP contribution in [-0.2, 0) is 11.2 Å². The highest BCUT2D eigenvalue weighted by Gasteiger charge is 2.15. The van der Waals surface area contributed by atoms with Gasteiger partial charge in [-0.25, -0.2) is 0 Å². The van der Waals surface area contributed by atoms with Gasteiger partial charge in [-0.3, -0.25) is 4.79 Å². The van der Waals surface area contributed by atoms with Crippen molar-refractivity contribution in [2.75, 3.05) is 7.05 Å². The van der Waals surface area contributed by atoms with E-state index in [-0.39, 0.29) is 11.7 Å².